The van der Waals surface area contributed by atoms with Crippen molar-refractivity contribution in [3.63, 3.8) is 0 Å². The fourth-order valence-corrected chi connectivity index (χ4v) is 3.15. The summed E-state index contributed by atoms with van der Waals surface area (Å²) in [6.07, 6.45) is 3.62. The number of hydrogen-bond donors (Lipinski definition) is 4. The molecule has 1 aliphatic heterocycles. The van der Waals surface area contributed by atoms with E-state index in [1.807, 2.05) is 20.8 Å². The van der Waals surface area contributed by atoms with E-state index in [1.54, 1.807) is 4.31 Å². The van der Waals surface area contributed by atoms with Crippen molar-refractivity contribution in [3.8, 4) is 0 Å². The first kappa shape index (κ1) is 24.2. The third-order valence-corrected chi connectivity index (χ3v) is 5.04. The molecule has 0 aliphatic carbocycles. The zero-order valence-corrected chi connectivity index (χ0v) is 17.3. The van der Waals surface area contributed by atoms with Crippen LogP contribution in [0.1, 0.15) is 66.7 Å². The highest BCUT2D eigenvalue weighted by Crippen LogP contribution is 2.17. The van der Waals surface area contributed by atoms with Crippen LogP contribution in [0.15, 0.2) is 0 Å². The molecule has 0 aromatic carbocycles. The maximum absolute atomic E-state index is 11.7. The van der Waals surface area contributed by atoms with Gasteiger partial charge in [0, 0.05) is 13.0 Å². The zero-order chi connectivity index (χ0) is 19.6. The molecule has 0 bridgehead atoms. The lowest BCUT2D eigenvalue weighted by molar-refractivity contribution is -0.124. The first-order valence-electron chi connectivity index (χ1n) is 9.36. The first-order chi connectivity index (χ1) is 11.6. The topological polar surface area (TPSA) is 95.7 Å². The number of aliphatic hydroxyl groups is 1. The van der Waals surface area contributed by atoms with Gasteiger partial charge in [0.25, 0.3) is 0 Å². The van der Waals surface area contributed by atoms with Crippen molar-refractivity contribution >= 4 is 24.6 Å². The molecule has 4 N–H and O–H groups in total. The molecule has 2 amide bonds. The van der Waals surface area contributed by atoms with Gasteiger partial charge in [0.15, 0.2) is 0 Å². The van der Waals surface area contributed by atoms with Crippen LogP contribution >= 0.6 is 12.8 Å². The third-order valence-electron chi connectivity index (χ3n) is 4.56. The molecule has 0 aromatic heterocycles. The monoisotopic (exact) mass is 375 g/mol. The summed E-state index contributed by atoms with van der Waals surface area (Å²) in [5, 5.41) is 12.8. The Morgan fingerprint density at radius 3 is 2.20 bits per heavy atom. The van der Waals surface area contributed by atoms with Crippen molar-refractivity contribution in [2.75, 3.05) is 6.54 Å². The fourth-order valence-electron chi connectivity index (χ4n) is 2.78. The molecular weight excluding hydrogens is 338 g/mol. The number of hydrogen-bond acceptors (Lipinski definition) is 5. The maximum atomic E-state index is 11.7. The number of nitrogens with zero attached hydrogens (tertiary/aromatic N) is 1. The second kappa shape index (κ2) is 12.5. The second-order valence-electron chi connectivity index (χ2n) is 7.28. The van der Waals surface area contributed by atoms with E-state index in [-0.39, 0.29) is 23.9 Å². The van der Waals surface area contributed by atoms with Gasteiger partial charge in [-0.1, -0.05) is 53.9 Å². The number of nitrogens with two attached hydrogens (primary N) is 1. The summed E-state index contributed by atoms with van der Waals surface area (Å²) in [6, 6.07) is -0.241. The predicted molar refractivity (Wildman–Crippen MR) is 105 cm³/mol. The lowest BCUT2D eigenvalue weighted by Gasteiger charge is -2.28. The van der Waals surface area contributed by atoms with Crippen LogP contribution in [0.25, 0.3) is 0 Å². The first-order valence-corrected chi connectivity index (χ1v) is 9.76. The molecule has 0 saturated carbocycles. The summed E-state index contributed by atoms with van der Waals surface area (Å²) in [7, 11) is 0. The number of carbonyl (C=O) groups excluding carboxylic acids is 2. The molecule has 1 aliphatic rings. The van der Waals surface area contributed by atoms with Crippen molar-refractivity contribution in [1.82, 2.24) is 9.62 Å². The normalized spacial score (nSPS) is 21.2. The highest BCUT2D eigenvalue weighted by atomic mass is 32.1. The molecule has 148 valence electrons. The molecule has 0 radical (unpaired) electrons. The number of primary amides is 1. The Kier molecular flexibility index (Phi) is 12.1. The van der Waals surface area contributed by atoms with Crippen molar-refractivity contribution in [2.24, 2.45) is 17.6 Å². The Hall–Kier alpha value is -0.790. The average molecular weight is 376 g/mol. The van der Waals surface area contributed by atoms with Crippen LogP contribution in [-0.2, 0) is 9.59 Å². The average Bonchev–Trinajstić information content (AvgIpc) is 2.97. The Balaban J connectivity index is 0.000000535. The number of rotatable bonds is 8. The fraction of sp³-hybridized carbons (Fsp3) is 0.889. The molecule has 0 spiro atoms. The molecule has 1 saturated heterocycles. The smallest absolute Gasteiger partial charge is 0.235 e. The summed E-state index contributed by atoms with van der Waals surface area (Å²) in [5.41, 5.74) is 5.06. The summed E-state index contributed by atoms with van der Waals surface area (Å²) in [4.78, 5) is 22.2. The lowest BCUT2D eigenvalue weighted by Crippen LogP contribution is -2.47. The third kappa shape index (κ3) is 9.47. The Morgan fingerprint density at radius 2 is 1.88 bits per heavy atom. The summed E-state index contributed by atoms with van der Waals surface area (Å²) in [6.45, 7) is 11.0. The molecular formula is C18H37N3O3S. The number of aliphatic hydroxyl groups excluding tert-OH is 1. The molecule has 6 nitrogen and oxygen atoms in total. The molecule has 1 fully saturated rings. The van der Waals surface area contributed by atoms with Crippen molar-refractivity contribution < 1.29 is 14.7 Å². The van der Waals surface area contributed by atoms with E-state index in [9.17, 15) is 14.7 Å². The molecule has 1 rings (SSSR count). The SMILES string of the molecule is CCC(C)C(NC(=O)CC(C)C)C(O)CC.NC(=O)C1CCCN1S. The molecule has 25 heavy (non-hydrogen) atoms. The van der Waals surface area contributed by atoms with Gasteiger partial charge < -0.3 is 16.2 Å². The van der Waals surface area contributed by atoms with E-state index in [2.05, 4.69) is 32.0 Å². The van der Waals surface area contributed by atoms with Crippen LogP contribution in [0.3, 0.4) is 0 Å². The highest BCUT2D eigenvalue weighted by Gasteiger charge is 2.26. The Morgan fingerprint density at radius 1 is 1.28 bits per heavy atom. The number of nitrogens with one attached hydrogen (secondary N) is 1. The Labute approximate surface area is 158 Å². The second-order valence-corrected chi connectivity index (χ2v) is 7.79. The quantitative estimate of drug-likeness (QED) is 0.489. The van der Waals surface area contributed by atoms with E-state index in [0.717, 1.165) is 25.8 Å². The highest BCUT2D eigenvalue weighted by molar-refractivity contribution is 7.77. The van der Waals surface area contributed by atoms with Crippen LogP contribution < -0.4 is 11.1 Å². The minimum absolute atomic E-state index is 0.0489. The van der Waals surface area contributed by atoms with Crippen molar-refractivity contribution in [3.05, 3.63) is 0 Å². The standard InChI is InChI=1S/C13H27NO2.C5H10N2OS/c1-6-10(5)13(11(15)7-2)14-12(16)8-9(3)4;6-5(8)4-2-1-3-7(4)9/h9-11,13,15H,6-8H2,1-5H3,(H,14,16);4,9H,1-3H2,(H2,6,8). The van der Waals surface area contributed by atoms with Crippen LogP contribution in [-0.4, -0.2) is 46.0 Å². The van der Waals surface area contributed by atoms with Crippen molar-refractivity contribution in [1.29, 1.82) is 0 Å². The van der Waals surface area contributed by atoms with Crippen LogP contribution in [0.5, 0.6) is 0 Å². The van der Waals surface area contributed by atoms with Gasteiger partial charge in [-0.05, 0) is 31.1 Å². The van der Waals surface area contributed by atoms with Gasteiger partial charge in [-0.25, -0.2) is 4.31 Å². The minimum Gasteiger partial charge on any atom is -0.391 e. The molecule has 4 atom stereocenters. The van der Waals surface area contributed by atoms with E-state index < -0.39 is 6.10 Å². The van der Waals surface area contributed by atoms with E-state index >= 15 is 0 Å². The van der Waals surface area contributed by atoms with Gasteiger partial charge >= 0.3 is 0 Å². The van der Waals surface area contributed by atoms with Gasteiger partial charge in [0.1, 0.15) is 0 Å². The minimum atomic E-state index is -0.439. The summed E-state index contributed by atoms with van der Waals surface area (Å²) in [5.74, 6) is 0.456. The van der Waals surface area contributed by atoms with Gasteiger partial charge in [0.2, 0.25) is 11.8 Å². The summed E-state index contributed by atoms with van der Waals surface area (Å²) < 4.78 is 1.70. The summed E-state index contributed by atoms with van der Waals surface area (Å²) >= 11 is 4.06. The number of thiol groups is 1. The predicted octanol–water partition coefficient (Wildman–Crippen LogP) is 2.12. The Bertz CT molecular complexity index is 397. The van der Waals surface area contributed by atoms with Crippen LogP contribution in [0, 0.1) is 11.8 Å². The van der Waals surface area contributed by atoms with Crippen LogP contribution in [0.2, 0.25) is 0 Å². The zero-order valence-electron chi connectivity index (χ0n) is 16.4. The maximum Gasteiger partial charge on any atom is 0.235 e. The molecule has 4 unspecified atom stereocenters. The van der Waals surface area contributed by atoms with Gasteiger partial charge in [0.05, 0.1) is 18.2 Å². The lowest BCUT2D eigenvalue weighted by atomic mass is 9.92. The van der Waals surface area contributed by atoms with E-state index in [4.69, 9.17) is 5.73 Å². The van der Waals surface area contributed by atoms with Crippen molar-refractivity contribution in [2.45, 2.75) is 84.9 Å². The van der Waals surface area contributed by atoms with Gasteiger partial charge in [-0.2, -0.15) is 0 Å². The van der Waals surface area contributed by atoms with Crippen LogP contribution in [0.4, 0.5) is 0 Å². The number of amides is 2. The van der Waals surface area contributed by atoms with Gasteiger partial charge in [-0.3, -0.25) is 9.59 Å². The molecule has 1 heterocycles. The largest absolute Gasteiger partial charge is 0.391 e. The van der Waals surface area contributed by atoms with E-state index in [1.165, 1.54) is 0 Å². The van der Waals surface area contributed by atoms with Gasteiger partial charge in [-0.15, -0.1) is 0 Å². The molecule has 0 aromatic rings. The molecule has 7 heteroatoms. The number of carbonyl (C=O) groups is 2. The van der Waals surface area contributed by atoms with E-state index in [0.29, 0.717) is 24.7 Å².